The largest absolute Gasteiger partial charge is 0.339 e. The number of aromatic nitrogens is 1. The van der Waals surface area contributed by atoms with Crippen molar-refractivity contribution in [3.05, 3.63) is 58.2 Å². The van der Waals surface area contributed by atoms with Crippen LogP contribution in [-0.4, -0.2) is 26.0 Å². The molecule has 0 saturated heterocycles. The van der Waals surface area contributed by atoms with Gasteiger partial charge in [0.1, 0.15) is 12.0 Å². The van der Waals surface area contributed by atoms with Gasteiger partial charge >= 0.3 is 0 Å². The van der Waals surface area contributed by atoms with Crippen molar-refractivity contribution in [1.29, 1.82) is 0 Å². The number of benzene rings is 1. The molecule has 3 N–H and O–H groups in total. The van der Waals surface area contributed by atoms with Gasteiger partial charge in [-0.2, -0.15) is 0 Å². The summed E-state index contributed by atoms with van der Waals surface area (Å²) in [6.07, 6.45) is 0.325. The van der Waals surface area contributed by atoms with Crippen LogP contribution in [0.4, 0.5) is 5.82 Å². The summed E-state index contributed by atoms with van der Waals surface area (Å²) in [5.74, 6) is -0.0696. The first kappa shape index (κ1) is 21.3. The zero-order valence-electron chi connectivity index (χ0n) is 12.8. The molecule has 1 heterocycles. The number of hydrogen-bond donors (Lipinski definition) is 3. The number of carbonyl (C=O) groups excluding carboxylic acids is 1. The molecule has 0 saturated carbocycles. The Hall–Kier alpha value is -1.02. The fourth-order valence-electron chi connectivity index (χ4n) is 1.78. The highest BCUT2D eigenvalue weighted by Crippen LogP contribution is 2.29. The van der Waals surface area contributed by atoms with E-state index in [-0.39, 0.29) is 5.11 Å². The molecule has 138 valence electrons. The number of anilines is 1. The number of thiocarbonyl (C=S) groups is 1. The van der Waals surface area contributed by atoms with Crippen LogP contribution in [-0.2, 0) is 0 Å². The number of amides is 1. The van der Waals surface area contributed by atoms with Crippen molar-refractivity contribution < 1.29 is 4.79 Å². The van der Waals surface area contributed by atoms with Crippen molar-refractivity contribution >= 4 is 87.1 Å². The summed E-state index contributed by atoms with van der Waals surface area (Å²) >= 11 is 34.6. The number of hydrogen-bond acceptors (Lipinski definition) is 3. The van der Waals surface area contributed by atoms with Gasteiger partial charge in [0.05, 0.1) is 5.02 Å². The Balaban J connectivity index is 2.06. The molecule has 0 fully saturated rings. The van der Waals surface area contributed by atoms with Crippen molar-refractivity contribution in [3.63, 3.8) is 0 Å². The highest BCUT2D eigenvalue weighted by molar-refractivity contribution is 7.80. The van der Waals surface area contributed by atoms with E-state index in [0.717, 1.165) is 0 Å². The minimum atomic E-state index is -1.88. The van der Waals surface area contributed by atoms with E-state index in [9.17, 15) is 4.79 Å². The van der Waals surface area contributed by atoms with E-state index in [1.807, 2.05) is 0 Å². The number of nitrogens with one attached hydrogen (secondary N) is 3. The Labute approximate surface area is 180 Å². The van der Waals surface area contributed by atoms with Gasteiger partial charge in [0, 0.05) is 16.8 Å². The molecule has 0 spiro atoms. The maximum Gasteiger partial charge on any atom is 0.253 e. The summed E-state index contributed by atoms with van der Waals surface area (Å²) in [6, 6.07) is 9.58. The molecular formula is C15H11Cl5N4OS. The lowest BCUT2D eigenvalue weighted by molar-refractivity contribution is 0.0934. The SMILES string of the molecule is O=C(NC(NC(=S)Nc1ccc(Cl)cn1)C(Cl)(Cl)Cl)c1cccc(Cl)c1. The van der Waals surface area contributed by atoms with Gasteiger partial charge in [0.25, 0.3) is 5.91 Å². The third-order valence-electron chi connectivity index (χ3n) is 2.93. The van der Waals surface area contributed by atoms with Crippen molar-refractivity contribution in [2.75, 3.05) is 5.32 Å². The van der Waals surface area contributed by atoms with E-state index in [4.69, 9.17) is 70.2 Å². The maximum absolute atomic E-state index is 12.4. The van der Waals surface area contributed by atoms with E-state index in [1.165, 1.54) is 12.3 Å². The van der Waals surface area contributed by atoms with Gasteiger partial charge in [0.15, 0.2) is 5.11 Å². The zero-order valence-corrected chi connectivity index (χ0v) is 17.4. The summed E-state index contributed by atoms with van der Waals surface area (Å²) < 4.78 is -1.88. The van der Waals surface area contributed by atoms with E-state index in [1.54, 1.807) is 30.3 Å². The van der Waals surface area contributed by atoms with E-state index >= 15 is 0 Å². The third kappa shape index (κ3) is 6.61. The molecule has 1 amide bonds. The molecule has 1 aromatic heterocycles. The Morgan fingerprint density at radius 3 is 2.38 bits per heavy atom. The van der Waals surface area contributed by atoms with Crippen LogP contribution in [0.1, 0.15) is 10.4 Å². The van der Waals surface area contributed by atoms with Crippen molar-refractivity contribution in [2.24, 2.45) is 0 Å². The Bertz CT molecular complexity index is 797. The predicted molar refractivity (Wildman–Crippen MR) is 112 cm³/mol. The molecule has 0 radical (unpaired) electrons. The molecule has 26 heavy (non-hydrogen) atoms. The summed E-state index contributed by atoms with van der Waals surface area (Å²) in [4.78, 5) is 16.4. The van der Waals surface area contributed by atoms with Gasteiger partial charge in [-0.1, -0.05) is 64.1 Å². The zero-order chi connectivity index (χ0) is 19.3. The van der Waals surface area contributed by atoms with Crippen LogP contribution in [0.15, 0.2) is 42.6 Å². The van der Waals surface area contributed by atoms with Gasteiger partial charge in [-0.15, -0.1) is 0 Å². The number of rotatable bonds is 4. The number of carbonyl (C=O) groups is 1. The van der Waals surface area contributed by atoms with Crippen molar-refractivity contribution in [1.82, 2.24) is 15.6 Å². The normalized spacial score (nSPS) is 12.2. The molecule has 1 unspecified atom stereocenters. The fraction of sp³-hybridized carbons (Fsp3) is 0.133. The molecule has 0 aliphatic carbocycles. The fourth-order valence-corrected chi connectivity index (χ4v) is 2.63. The van der Waals surface area contributed by atoms with Crippen LogP contribution in [0.2, 0.25) is 10.0 Å². The van der Waals surface area contributed by atoms with E-state index < -0.39 is 15.9 Å². The van der Waals surface area contributed by atoms with Gasteiger partial charge in [-0.05, 0) is 42.5 Å². The van der Waals surface area contributed by atoms with Gasteiger partial charge < -0.3 is 16.0 Å². The van der Waals surface area contributed by atoms with E-state index in [2.05, 4.69) is 20.9 Å². The highest BCUT2D eigenvalue weighted by Gasteiger charge is 2.35. The minimum Gasteiger partial charge on any atom is -0.339 e. The molecule has 1 aromatic carbocycles. The molecule has 0 aliphatic rings. The third-order valence-corrected chi connectivity index (χ3v) is 4.27. The van der Waals surface area contributed by atoms with Crippen molar-refractivity contribution in [3.8, 4) is 0 Å². The van der Waals surface area contributed by atoms with Crippen molar-refractivity contribution in [2.45, 2.75) is 9.96 Å². The summed E-state index contributed by atoms with van der Waals surface area (Å²) in [6.45, 7) is 0. The van der Waals surface area contributed by atoms with Crippen LogP contribution in [0.25, 0.3) is 0 Å². The number of nitrogens with zero attached hydrogens (tertiary/aromatic N) is 1. The first-order valence-corrected chi connectivity index (χ1v) is 9.27. The lowest BCUT2D eigenvalue weighted by Gasteiger charge is -2.27. The monoisotopic (exact) mass is 470 g/mol. The average molecular weight is 473 g/mol. The van der Waals surface area contributed by atoms with Gasteiger partial charge in [-0.3, -0.25) is 4.79 Å². The van der Waals surface area contributed by atoms with Crippen LogP contribution in [0, 0.1) is 0 Å². The van der Waals surface area contributed by atoms with E-state index in [0.29, 0.717) is 21.4 Å². The number of halogens is 5. The Morgan fingerprint density at radius 1 is 1.08 bits per heavy atom. The molecule has 0 bridgehead atoms. The van der Waals surface area contributed by atoms with Crippen LogP contribution in [0.5, 0.6) is 0 Å². The standard InChI is InChI=1S/C15H11Cl5N4OS/c16-9-3-1-2-8(6-9)12(25)23-13(15(18,19)20)24-14(26)22-11-5-4-10(17)7-21-11/h1-7,13H,(H,23,25)(H2,21,22,24,26). The first-order valence-electron chi connectivity index (χ1n) is 6.97. The van der Waals surface area contributed by atoms with Crippen LogP contribution in [0.3, 0.4) is 0 Å². The molecule has 0 aliphatic heterocycles. The second kappa shape index (κ2) is 9.26. The number of alkyl halides is 3. The summed E-state index contributed by atoms with van der Waals surface area (Å²) in [5, 5.41) is 9.04. The first-order chi connectivity index (χ1) is 12.1. The summed E-state index contributed by atoms with van der Waals surface area (Å²) in [7, 11) is 0. The van der Waals surface area contributed by atoms with Gasteiger partial charge in [0.2, 0.25) is 3.79 Å². The quantitative estimate of drug-likeness (QED) is 0.339. The molecule has 2 rings (SSSR count). The topological polar surface area (TPSA) is 66.1 Å². The predicted octanol–water partition coefficient (Wildman–Crippen LogP) is 4.80. The molecule has 2 aromatic rings. The number of pyridine rings is 1. The van der Waals surface area contributed by atoms with Crippen LogP contribution < -0.4 is 16.0 Å². The molecular weight excluding hydrogens is 462 g/mol. The Kier molecular flexibility index (Phi) is 7.58. The molecule has 11 heteroatoms. The van der Waals surface area contributed by atoms with Gasteiger partial charge in [-0.25, -0.2) is 4.98 Å². The molecule has 1 atom stereocenters. The smallest absolute Gasteiger partial charge is 0.253 e. The Morgan fingerprint density at radius 2 is 1.81 bits per heavy atom. The summed E-state index contributed by atoms with van der Waals surface area (Å²) in [5.41, 5.74) is 0.303. The van der Waals surface area contributed by atoms with Crippen LogP contribution >= 0.6 is 70.2 Å². The highest BCUT2D eigenvalue weighted by atomic mass is 35.6. The second-order valence-electron chi connectivity index (χ2n) is 4.92. The molecule has 5 nitrogen and oxygen atoms in total. The lowest BCUT2D eigenvalue weighted by Crippen LogP contribution is -2.56. The second-order valence-corrected chi connectivity index (χ2v) is 8.57. The minimum absolute atomic E-state index is 0.0857. The maximum atomic E-state index is 12.4. The lowest BCUT2D eigenvalue weighted by atomic mass is 10.2. The average Bonchev–Trinajstić information content (AvgIpc) is 2.55.